The number of hydrogen-bond donors (Lipinski definition) is 0. The number of ether oxygens (including phenoxy) is 1. The van der Waals surface area contributed by atoms with Gasteiger partial charge in [0.05, 0.1) is 7.11 Å². The van der Waals surface area contributed by atoms with E-state index < -0.39 is 0 Å². The van der Waals surface area contributed by atoms with Crippen LogP contribution in [0.2, 0.25) is 0 Å². The van der Waals surface area contributed by atoms with Crippen molar-refractivity contribution in [3.63, 3.8) is 0 Å². The molecule has 0 aliphatic rings. The SMILES string of the molecule is COc1nccnc1CCC(=O)c1ccccc1. The van der Waals surface area contributed by atoms with Crippen molar-refractivity contribution >= 4 is 5.78 Å². The minimum Gasteiger partial charge on any atom is -0.480 e. The molecule has 0 fully saturated rings. The van der Waals surface area contributed by atoms with E-state index in [1.165, 1.54) is 0 Å². The highest BCUT2D eigenvalue weighted by molar-refractivity contribution is 5.96. The number of carbonyl (C=O) groups excluding carboxylic acids is 1. The largest absolute Gasteiger partial charge is 0.480 e. The summed E-state index contributed by atoms with van der Waals surface area (Å²) in [4.78, 5) is 20.2. The third-order valence-corrected chi connectivity index (χ3v) is 2.61. The van der Waals surface area contributed by atoms with Gasteiger partial charge < -0.3 is 4.74 Å². The lowest BCUT2D eigenvalue weighted by molar-refractivity contribution is 0.0982. The van der Waals surface area contributed by atoms with Crippen LogP contribution in [-0.2, 0) is 6.42 Å². The molecule has 0 N–H and O–H groups in total. The second kappa shape index (κ2) is 5.91. The zero-order valence-electron chi connectivity index (χ0n) is 10.2. The Kier molecular flexibility index (Phi) is 4.02. The van der Waals surface area contributed by atoms with E-state index in [0.29, 0.717) is 24.4 Å². The van der Waals surface area contributed by atoms with Crippen LogP contribution in [0, 0.1) is 0 Å². The van der Waals surface area contributed by atoms with E-state index in [-0.39, 0.29) is 5.78 Å². The van der Waals surface area contributed by atoms with Gasteiger partial charge >= 0.3 is 0 Å². The van der Waals surface area contributed by atoms with Crippen molar-refractivity contribution in [1.29, 1.82) is 0 Å². The van der Waals surface area contributed by atoms with E-state index in [1.54, 1.807) is 19.5 Å². The van der Waals surface area contributed by atoms with Gasteiger partial charge in [-0.25, -0.2) is 4.98 Å². The zero-order chi connectivity index (χ0) is 12.8. The van der Waals surface area contributed by atoms with Gasteiger partial charge in [0, 0.05) is 30.8 Å². The van der Waals surface area contributed by atoms with E-state index in [0.717, 1.165) is 5.56 Å². The van der Waals surface area contributed by atoms with Crippen molar-refractivity contribution in [3.05, 3.63) is 54.0 Å². The lowest BCUT2D eigenvalue weighted by atomic mass is 10.1. The Morgan fingerprint density at radius 2 is 1.89 bits per heavy atom. The van der Waals surface area contributed by atoms with Crippen molar-refractivity contribution in [2.75, 3.05) is 7.11 Å². The fourth-order valence-electron chi connectivity index (χ4n) is 1.70. The van der Waals surface area contributed by atoms with Gasteiger partial charge in [-0.05, 0) is 0 Å². The van der Waals surface area contributed by atoms with Gasteiger partial charge in [-0.2, -0.15) is 0 Å². The first-order chi connectivity index (χ1) is 8.81. The van der Waals surface area contributed by atoms with Crippen LogP contribution >= 0.6 is 0 Å². The monoisotopic (exact) mass is 242 g/mol. The summed E-state index contributed by atoms with van der Waals surface area (Å²) in [7, 11) is 1.55. The van der Waals surface area contributed by atoms with Crippen molar-refractivity contribution in [2.24, 2.45) is 0 Å². The molecule has 2 rings (SSSR count). The van der Waals surface area contributed by atoms with Gasteiger partial charge in [-0.1, -0.05) is 30.3 Å². The molecule has 18 heavy (non-hydrogen) atoms. The predicted molar refractivity (Wildman–Crippen MR) is 67.7 cm³/mol. The smallest absolute Gasteiger partial charge is 0.235 e. The molecule has 0 unspecified atom stereocenters. The molecular formula is C14H14N2O2. The topological polar surface area (TPSA) is 52.1 Å². The molecule has 1 aromatic heterocycles. The van der Waals surface area contributed by atoms with Crippen molar-refractivity contribution in [3.8, 4) is 5.88 Å². The summed E-state index contributed by atoms with van der Waals surface area (Å²) in [6.07, 6.45) is 4.11. The second-order valence-electron chi connectivity index (χ2n) is 3.80. The number of aryl methyl sites for hydroxylation is 1. The lowest BCUT2D eigenvalue weighted by Gasteiger charge is -2.05. The van der Waals surface area contributed by atoms with Gasteiger partial charge in [0.25, 0.3) is 0 Å². The molecule has 4 nitrogen and oxygen atoms in total. The fraction of sp³-hybridized carbons (Fsp3) is 0.214. The Morgan fingerprint density at radius 1 is 1.17 bits per heavy atom. The summed E-state index contributed by atoms with van der Waals surface area (Å²) in [5.41, 5.74) is 1.43. The molecule has 4 heteroatoms. The van der Waals surface area contributed by atoms with Gasteiger partial charge in [0.15, 0.2) is 5.78 Å². The number of nitrogens with zero attached hydrogens (tertiary/aromatic N) is 2. The molecule has 0 atom stereocenters. The van der Waals surface area contributed by atoms with E-state index in [1.807, 2.05) is 30.3 Å². The van der Waals surface area contributed by atoms with Crippen LogP contribution in [0.15, 0.2) is 42.7 Å². The molecule has 0 aliphatic heterocycles. The first-order valence-electron chi connectivity index (χ1n) is 5.73. The number of Topliss-reactive ketones (excluding diaryl/α,β-unsaturated/α-hetero) is 1. The molecule has 0 saturated heterocycles. The van der Waals surface area contributed by atoms with Gasteiger partial charge in [0.2, 0.25) is 5.88 Å². The molecule has 0 radical (unpaired) electrons. The van der Waals surface area contributed by atoms with Gasteiger partial charge in [-0.15, -0.1) is 0 Å². The van der Waals surface area contributed by atoms with Crippen LogP contribution in [-0.4, -0.2) is 22.9 Å². The number of methoxy groups -OCH3 is 1. The Bertz CT molecular complexity index is 526. The highest BCUT2D eigenvalue weighted by Crippen LogP contribution is 2.14. The molecule has 0 saturated carbocycles. The molecule has 1 aromatic carbocycles. The van der Waals surface area contributed by atoms with Crippen molar-refractivity contribution in [1.82, 2.24) is 9.97 Å². The summed E-state index contributed by atoms with van der Waals surface area (Å²) in [5.74, 6) is 0.585. The number of benzene rings is 1. The summed E-state index contributed by atoms with van der Waals surface area (Å²) in [6.45, 7) is 0. The Morgan fingerprint density at radius 3 is 2.61 bits per heavy atom. The van der Waals surface area contributed by atoms with Crippen LogP contribution in [0.3, 0.4) is 0 Å². The van der Waals surface area contributed by atoms with E-state index >= 15 is 0 Å². The van der Waals surface area contributed by atoms with Crippen LogP contribution < -0.4 is 4.74 Å². The summed E-state index contributed by atoms with van der Waals surface area (Å²) < 4.78 is 5.10. The van der Waals surface area contributed by atoms with Crippen molar-refractivity contribution < 1.29 is 9.53 Å². The Hall–Kier alpha value is -2.23. The zero-order valence-corrected chi connectivity index (χ0v) is 10.2. The minimum atomic E-state index is 0.100. The quantitative estimate of drug-likeness (QED) is 0.755. The van der Waals surface area contributed by atoms with E-state index in [4.69, 9.17) is 4.74 Å². The van der Waals surface area contributed by atoms with Crippen LogP contribution in [0.5, 0.6) is 5.88 Å². The molecule has 92 valence electrons. The molecule has 0 aliphatic carbocycles. The Balaban J connectivity index is 2.02. The average molecular weight is 242 g/mol. The van der Waals surface area contributed by atoms with Crippen LogP contribution in [0.4, 0.5) is 0 Å². The van der Waals surface area contributed by atoms with E-state index in [9.17, 15) is 4.79 Å². The lowest BCUT2D eigenvalue weighted by Crippen LogP contribution is -2.04. The molecule has 0 bridgehead atoms. The molecule has 2 aromatic rings. The van der Waals surface area contributed by atoms with E-state index in [2.05, 4.69) is 9.97 Å². The number of aromatic nitrogens is 2. The standard InChI is InChI=1S/C14H14N2O2/c1-18-14-12(15-9-10-16-14)7-8-13(17)11-5-3-2-4-6-11/h2-6,9-10H,7-8H2,1H3. The summed E-state index contributed by atoms with van der Waals surface area (Å²) in [6, 6.07) is 9.24. The third kappa shape index (κ3) is 2.91. The third-order valence-electron chi connectivity index (χ3n) is 2.61. The highest BCUT2D eigenvalue weighted by Gasteiger charge is 2.09. The number of carbonyl (C=O) groups is 1. The molecule has 0 spiro atoms. The molecular weight excluding hydrogens is 228 g/mol. The first-order valence-corrected chi connectivity index (χ1v) is 5.73. The number of rotatable bonds is 5. The molecule has 1 heterocycles. The van der Waals surface area contributed by atoms with Crippen molar-refractivity contribution in [2.45, 2.75) is 12.8 Å². The molecule has 0 amide bonds. The van der Waals surface area contributed by atoms with Gasteiger partial charge in [0.1, 0.15) is 5.69 Å². The first kappa shape index (κ1) is 12.2. The number of hydrogen-bond acceptors (Lipinski definition) is 4. The number of ketones is 1. The Labute approximate surface area is 106 Å². The summed E-state index contributed by atoms with van der Waals surface area (Å²) >= 11 is 0. The maximum atomic E-state index is 11.9. The normalized spacial score (nSPS) is 10.1. The maximum Gasteiger partial charge on any atom is 0.235 e. The second-order valence-corrected chi connectivity index (χ2v) is 3.80. The maximum absolute atomic E-state index is 11.9. The predicted octanol–water partition coefficient (Wildman–Crippen LogP) is 2.30. The average Bonchev–Trinajstić information content (AvgIpc) is 2.46. The minimum absolute atomic E-state index is 0.100. The highest BCUT2D eigenvalue weighted by atomic mass is 16.5. The van der Waals surface area contributed by atoms with Crippen LogP contribution in [0.1, 0.15) is 22.5 Å². The van der Waals surface area contributed by atoms with Gasteiger partial charge in [-0.3, -0.25) is 9.78 Å². The fourth-order valence-corrected chi connectivity index (χ4v) is 1.70. The van der Waals surface area contributed by atoms with Crippen LogP contribution in [0.25, 0.3) is 0 Å². The summed E-state index contributed by atoms with van der Waals surface area (Å²) in [5, 5.41) is 0.